The van der Waals surface area contributed by atoms with Gasteiger partial charge in [0.05, 0.1) is 11.9 Å². The van der Waals surface area contributed by atoms with Gasteiger partial charge < -0.3 is 9.80 Å². The molecule has 8 heteroatoms. The Hall–Kier alpha value is -1.96. The summed E-state index contributed by atoms with van der Waals surface area (Å²) < 4.78 is 24.7. The summed E-state index contributed by atoms with van der Waals surface area (Å²) in [6.45, 7) is 3.15. The predicted octanol–water partition coefficient (Wildman–Crippen LogP) is 2.54. The van der Waals surface area contributed by atoms with Gasteiger partial charge in [0.15, 0.2) is 9.84 Å². The number of hydrogen-bond donors (Lipinski definition) is 0. The smallest absolute Gasteiger partial charge is 0.225 e. The number of piperidine rings is 1. The van der Waals surface area contributed by atoms with Crippen LogP contribution < -0.4 is 4.90 Å². The van der Waals surface area contributed by atoms with Crippen molar-refractivity contribution in [3.63, 3.8) is 0 Å². The molecular weight excluding hydrogens is 388 g/mol. The lowest BCUT2D eigenvalue weighted by Crippen LogP contribution is -2.39. The van der Waals surface area contributed by atoms with Crippen LogP contribution in [-0.2, 0) is 14.6 Å². The van der Waals surface area contributed by atoms with E-state index < -0.39 is 9.84 Å². The minimum Gasteiger partial charge on any atom is -0.343 e. The average molecular weight is 419 g/mol. The third-order valence-electron chi connectivity index (χ3n) is 6.34. The Kier molecular flexibility index (Phi) is 5.90. The number of carbonyl (C=O) groups is 1. The van der Waals surface area contributed by atoms with Gasteiger partial charge in [0, 0.05) is 44.8 Å². The normalized spacial score (nSPS) is 23.1. The molecule has 0 unspecified atom stereocenters. The number of nitrogens with zero attached hydrogens (tertiary/aromatic N) is 4. The highest BCUT2D eigenvalue weighted by Crippen LogP contribution is 2.33. The van der Waals surface area contributed by atoms with Crippen LogP contribution in [0.15, 0.2) is 23.2 Å². The van der Waals surface area contributed by atoms with Crippen molar-refractivity contribution in [2.24, 2.45) is 5.92 Å². The number of likely N-dealkylation sites (tertiary alicyclic amines) is 1. The van der Waals surface area contributed by atoms with Gasteiger partial charge in [0.2, 0.25) is 11.9 Å². The van der Waals surface area contributed by atoms with E-state index in [2.05, 4.69) is 22.0 Å². The summed E-state index contributed by atoms with van der Waals surface area (Å²) in [5, 5.41) is 0. The molecule has 1 aromatic heterocycles. The van der Waals surface area contributed by atoms with Crippen molar-refractivity contribution >= 4 is 21.7 Å². The number of hydrogen-bond acceptors (Lipinski definition) is 6. The van der Waals surface area contributed by atoms with Crippen LogP contribution >= 0.6 is 0 Å². The highest BCUT2D eigenvalue weighted by atomic mass is 32.2. The molecule has 4 rings (SSSR count). The molecule has 1 atom stereocenters. The average Bonchev–Trinajstić information content (AvgIpc) is 3.41. The monoisotopic (exact) mass is 418 g/mol. The molecule has 3 aliphatic rings. The lowest BCUT2D eigenvalue weighted by atomic mass is 9.92. The van der Waals surface area contributed by atoms with Crippen LogP contribution in [0.1, 0.15) is 56.6 Å². The molecule has 0 radical (unpaired) electrons. The molecule has 0 spiro atoms. The van der Waals surface area contributed by atoms with E-state index in [-0.39, 0.29) is 16.7 Å². The molecule has 158 valence electrons. The Morgan fingerprint density at radius 2 is 1.86 bits per heavy atom. The van der Waals surface area contributed by atoms with Gasteiger partial charge in [-0.2, -0.15) is 0 Å². The summed E-state index contributed by atoms with van der Waals surface area (Å²) in [7, 11) is -3.40. The van der Waals surface area contributed by atoms with Crippen LogP contribution in [0.2, 0.25) is 0 Å². The van der Waals surface area contributed by atoms with E-state index in [1.807, 2.05) is 4.90 Å². The van der Waals surface area contributed by atoms with Gasteiger partial charge in [-0.1, -0.05) is 12.2 Å². The number of carbonyl (C=O) groups excluding carboxylic acids is 1. The van der Waals surface area contributed by atoms with Crippen molar-refractivity contribution < 1.29 is 13.2 Å². The van der Waals surface area contributed by atoms with E-state index in [1.54, 1.807) is 0 Å². The number of amides is 1. The van der Waals surface area contributed by atoms with Crippen molar-refractivity contribution in [2.75, 3.05) is 37.3 Å². The summed E-state index contributed by atoms with van der Waals surface area (Å²) in [5.41, 5.74) is 0.634. The zero-order valence-corrected chi connectivity index (χ0v) is 17.9. The molecule has 0 saturated carbocycles. The number of anilines is 1. The van der Waals surface area contributed by atoms with Crippen molar-refractivity contribution in [2.45, 2.75) is 55.8 Å². The Labute approximate surface area is 173 Å². The standard InChI is InChI=1S/C21H30N4O3S/c1-29(27,28)18-15-22-21(25-10-4-5-11-25)23-20(18)17-8-12-24(13-9-17)19(26)14-16-6-2-3-7-16/h2,6,15-17H,3-5,7-14H2,1H3/t16-/m0/s1. The topological polar surface area (TPSA) is 83.5 Å². The van der Waals surface area contributed by atoms with Crippen molar-refractivity contribution in [1.82, 2.24) is 14.9 Å². The Morgan fingerprint density at radius 3 is 2.48 bits per heavy atom. The molecule has 0 N–H and O–H groups in total. The van der Waals surface area contributed by atoms with Crippen LogP contribution in [0.4, 0.5) is 5.95 Å². The molecular formula is C21H30N4O3S. The third kappa shape index (κ3) is 4.63. The molecule has 2 fully saturated rings. The van der Waals surface area contributed by atoms with Crippen molar-refractivity contribution in [3.05, 3.63) is 24.0 Å². The Morgan fingerprint density at radius 1 is 1.14 bits per heavy atom. The first-order valence-corrected chi connectivity index (χ1v) is 12.6. The fourth-order valence-electron chi connectivity index (χ4n) is 4.64. The fraction of sp³-hybridized carbons (Fsp3) is 0.667. The van der Waals surface area contributed by atoms with Crippen LogP contribution in [0, 0.1) is 5.92 Å². The van der Waals surface area contributed by atoms with E-state index >= 15 is 0 Å². The lowest BCUT2D eigenvalue weighted by molar-refractivity contribution is -0.132. The molecule has 1 amide bonds. The zero-order valence-electron chi connectivity index (χ0n) is 17.1. The summed E-state index contributed by atoms with van der Waals surface area (Å²) in [6, 6.07) is 0. The minimum atomic E-state index is -3.40. The number of allylic oxidation sites excluding steroid dienone is 2. The van der Waals surface area contributed by atoms with Gasteiger partial charge in [0.25, 0.3) is 0 Å². The van der Waals surface area contributed by atoms with E-state index in [4.69, 9.17) is 4.98 Å². The minimum absolute atomic E-state index is 0.0412. The zero-order chi connectivity index (χ0) is 20.4. The first-order valence-electron chi connectivity index (χ1n) is 10.7. The molecule has 29 heavy (non-hydrogen) atoms. The van der Waals surface area contributed by atoms with Gasteiger partial charge in [-0.25, -0.2) is 18.4 Å². The van der Waals surface area contributed by atoms with Gasteiger partial charge in [-0.3, -0.25) is 4.79 Å². The number of rotatable bonds is 5. The molecule has 7 nitrogen and oxygen atoms in total. The molecule has 0 aromatic carbocycles. The number of aromatic nitrogens is 2. The van der Waals surface area contributed by atoms with E-state index in [0.717, 1.165) is 51.6 Å². The van der Waals surface area contributed by atoms with Crippen LogP contribution in [0.25, 0.3) is 0 Å². The summed E-state index contributed by atoms with van der Waals surface area (Å²) in [6.07, 6.45) is 13.5. The maximum Gasteiger partial charge on any atom is 0.225 e. The SMILES string of the molecule is CS(=O)(=O)c1cnc(N2CCCC2)nc1C1CCN(C(=O)C[C@H]2C=CCC2)CC1. The molecule has 2 aliphatic heterocycles. The third-order valence-corrected chi connectivity index (χ3v) is 7.46. The second-order valence-corrected chi connectivity index (χ2v) is 10.5. The fourth-order valence-corrected chi connectivity index (χ4v) is 5.48. The Bertz CT molecular complexity index is 885. The Balaban J connectivity index is 1.48. The molecule has 1 aromatic rings. The largest absolute Gasteiger partial charge is 0.343 e. The van der Waals surface area contributed by atoms with Crippen LogP contribution in [-0.4, -0.2) is 61.6 Å². The maximum absolute atomic E-state index is 12.6. The van der Waals surface area contributed by atoms with E-state index in [0.29, 0.717) is 37.1 Å². The predicted molar refractivity (Wildman–Crippen MR) is 112 cm³/mol. The first kappa shape index (κ1) is 20.3. The van der Waals surface area contributed by atoms with Crippen molar-refractivity contribution in [3.8, 4) is 0 Å². The van der Waals surface area contributed by atoms with Crippen LogP contribution in [0.3, 0.4) is 0 Å². The summed E-state index contributed by atoms with van der Waals surface area (Å²) >= 11 is 0. The highest BCUT2D eigenvalue weighted by molar-refractivity contribution is 7.90. The maximum atomic E-state index is 12.6. The number of sulfone groups is 1. The summed E-state index contributed by atoms with van der Waals surface area (Å²) in [5.74, 6) is 1.27. The lowest BCUT2D eigenvalue weighted by Gasteiger charge is -2.33. The van der Waals surface area contributed by atoms with Gasteiger partial charge in [-0.15, -0.1) is 0 Å². The van der Waals surface area contributed by atoms with Gasteiger partial charge in [0.1, 0.15) is 4.90 Å². The second-order valence-electron chi connectivity index (χ2n) is 8.51. The van der Waals surface area contributed by atoms with Crippen LogP contribution in [0.5, 0.6) is 0 Å². The van der Waals surface area contributed by atoms with E-state index in [9.17, 15) is 13.2 Å². The second kappa shape index (κ2) is 8.42. The van der Waals surface area contributed by atoms with Gasteiger partial charge in [-0.05, 0) is 44.4 Å². The summed E-state index contributed by atoms with van der Waals surface area (Å²) in [4.78, 5) is 26.0. The quantitative estimate of drug-likeness (QED) is 0.684. The molecule has 1 aliphatic carbocycles. The molecule has 2 saturated heterocycles. The first-order chi connectivity index (χ1) is 13.9. The molecule has 3 heterocycles. The van der Waals surface area contributed by atoms with Gasteiger partial charge >= 0.3 is 0 Å². The highest BCUT2D eigenvalue weighted by Gasteiger charge is 2.30. The van der Waals surface area contributed by atoms with Crippen molar-refractivity contribution in [1.29, 1.82) is 0 Å². The van der Waals surface area contributed by atoms with E-state index in [1.165, 1.54) is 12.5 Å². The molecule has 0 bridgehead atoms.